The van der Waals surface area contributed by atoms with Gasteiger partial charge in [-0.05, 0) is 23.6 Å². The van der Waals surface area contributed by atoms with Crippen molar-refractivity contribution in [2.75, 3.05) is 6.54 Å². The quantitative estimate of drug-likeness (QED) is 0.538. The number of fused-ring (bicyclic) bond motifs is 2. The molecule has 1 aromatic heterocycles. The average molecular weight is 318 g/mol. The number of hydrogen-bond acceptors (Lipinski definition) is 2. The average Bonchev–Trinajstić information content (AvgIpc) is 2.97. The van der Waals surface area contributed by atoms with Crippen LogP contribution < -0.4 is 0 Å². The molecule has 0 aliphatic carbocycles. The molecule has 0 bridgehead atoms. The molecule has 1 aliphatic heterocycles. The van der Waals surface area contributed by atoms with Crippen molar-refractivity contribution in [3.05, 3.63) is 71.4 Å². The first-order chi connectivity index (χ1) is 11.6. The lowest BCUT2D eigenvalue weighted by Crippen LogP contribution is -2.40. The predicted molar refractivity (Wildman–Crippen MR) is 92.8 cm³/mol. The first-order valence-corrected chi connectivity index (χ1v) is 8.09. The van der Waals surface area contributed by atoms with Crippen molar-refractivity contribution in [3.63, 3.8) is 0 Å². The number of hydrogen-bond donors (Lipinski definition) is 0. The molecule has 3 aromatic rings. The highest BCUT2D eigenvalue weighted by atomic mass is 16.2. The standard InChI is InChI=1S/C20H18N2O2/c1-21-13-17(16-8-4-5-9-18(16)21)19(23)20(24)22-11-10-14-6-2-3-7-15(14)12-22/h2-9,13H,10-12H2,1H3. The van der Waals surface area contributed by atoms with E-state index in [-0.39, 0.29) is 0 Å². The Morgan fingerprint density at radius 2 is 1.67 bits per heavy atom. The van der Waals surface area contributed by atoms with Crippen LogP contribution in [0.1, 0.15) is 21.5 Å². The van der Waals surface area contributed by atoms with Crippen LogP contribution in [0.15, 0.2) is 54.7 Å². The predicted octanol–water partition coefficient (Wildman–Crippen LogP) is 2.95. The van der Waals surface area contributed by atoms with Crippen LogP contribution in [0.5, 0.6) is 0 Å². The Kier molecular flexibility index (Phi) is 3.45. The third kappa shape index (κ3) is 2.31. The smallest absolute Gasteiger partial charge is 0.295 e. The minimum Gasteiger partial charge on any atom is -0.350 e. The van der Waals surface area contributed by atoms with Gasteiger partial charge >= 0.3 is 0 Å². The number of carbonyl (C=O) groups is 2. The second-order valence-corrected chi connectivity index (χ2v) is 6.25. The number of aromatic nitrogens is 1. The van der Waals surface area contributed by atoms with Crippen LogP contribution in [-0.2, 0) is 24.8 Å². The van der Waals surface area contributed by atoms with E-state index in [1.165, 1.54) is 5.56 Å². The van der Waals surface area contributed by atoms with E-state index in [0.717, 1.165) is 22.9 Å². The van der Waals surface area contributed by atoms with Crippen LogP contribution in [-0.4, -0.2) is 27.7 Å². The van der Waals surface area contributed by atoms with Crippen molar-refractivity contribution in [1.82, 2.24) is 9.47 Å². The molecule has 4 nitrogen and oxygen atoms in total. The molecule has 0 saturated carbocycles. The monoisotopic (exact) mass is 318 g/mol. The number of rotatable bonds is 2. The number of Topliss-reactive ketones (excluding diaryl/α,β-unsaturated/α-hetero) is 1. The third-order valence-electron chi connectivity index (χ3n) is 4.75. The van der Waals surface area contributed by atoms with Crippen LogP contribution in [0.4, 0.5) is 0 Å². The molecule has 4 rings (SSSR count). The largest absolute Gasteiger partial charge is 0.350 e. The van der Waals surface area contributed by atoms with Crippen molar-refractivity contribution >= 4 is 22.6 Å². The summed E-state index contributed by atoms with van der Waals surface area (Å²) in [5.74, 6) is -0.841. The second-order valence-electron chi connectivity index (χ2n) is 6.25. The lowest BCUT2D eigenvalue weighted by Gasteiger charge is -2.28. The van der Waals surface area contributed by atoms with Gasteiger partial charge in [-0.1, -0.05) is 42.5 Å². The molecule has 2 heterocycles. The summed E-state index contributed by atoms with van der Waals surface area (Å²) in [6.07, 6.45) is 2.55. The van der Waals surface area contributed by atoms with E-state index in [0.29, 0.717) is 18.7 Å². The third-order valence-corrected chi connectivity index (χ3v) is 4.75. The van der Waals surface area contributed by atoms with Gasteiger partial charge in [-0.15, -0.1) is 0 Å². The molecule has 0 radical (unpaired) electrons. The Balaban J connectivity index is 1.64. The van der Waals surface area contributed by atoms with Gasteiger partial charge in [-0.3, -0.25) is 9.59 Å². The van der Waals surface area contributed by atoms with E-state index >= 15 is 0 Å². The molecule has 120 valence electrons. The highest BCUT2D eigenvalue weighted by Gasteiger charge is 2.28. The molecule has 0 fully saturated rings. The first-order valence-electron chi connectivity index (χ1n) is 8.09. The van der Waals surface area contributed by atoms with Gasteiger partial charge in [0.25, 0.3) is 11.7 Å². The molecular weight excluding hydrogens is 300 g/mol. The maximum atomic E-state index is 12.8. The Hall–Kier alpha value is -2.88. The van der Waals surface area contributed by atoms with E-state index in [2.05, 4.69) is 6.07 Å². The molecule has 2 aromatic carbocycles. The van der Waals surface area contributed by atoms with Gasteiger partial charge in [0.05, 0.1) is 5.56 Å². The van der Waals surface area contributed by atoms with Gasteiger partial charge in [0.1, 0.15) is 0 Å². The van der Waals surface area contributed by atoms with E-state index < -0.39 is 11.7 Å². The minimum atomic E-state index is -0.425. The van der Waals surface area contributed by atoms with Crippen LogP contribution in [0, 0.1) is 0 Å². The van der Waals surface area contributed by atoms with Gasteiger partial charge in [-0.25, -0.2) is 0 Å². The summed E-state index contributed by atoms with van der Waals surface area (Å²) in [7, 11) is 1.89. The summed E-state index contributed by atoms with van der Waals surface area (Å²) in [5, 5.41) is 0.829. The molecular formula is C20H18N2O2. The molecule has 24 heavy (non-hydrogen) atoms. The SMILES string of the molecule is Cn1cc(C(=O)C(=O)N2CCc3ccccc3C2)c2ccccc21. The highest BCUT2D eigenvalue weighted by Crippen LogP contribution is 2.23. The van der Waals surface area contributed by atoms with Crippen molar-refractivity contribution in [3.8, 4) is 0 Å². The first kappa shape index (κ1) is 14.7. The minimum absolute atomic E-state index is 0.416. The summed E-state index contributed by atoms with van der Waals surface area (Å²) in [5.41, 5.74) is 3.83. The topological polar surface area (TPSA) is 42.3 Å². The van der Waals surface area contributed by atoms with Crippen molar-refractivity contribution < 1.29 is 9.59 Å². The lowest BCUT2D eigenvalue weighted by atomic mass is 9.99. The van der Waals surface area contributed by atoms with Crippen LogP contribution >= 0.6 is 0 Å². The molecule has 0 unspecified atom stereocenters. The van der Waals surface area contributed by atoms with E-state index in [1.54, 1.807) is 11.1 Å². The van der Waals surface area contributed by atoms with Crippen molar-refractivity contribution in [1.29, 1.82) is 0 Å². The van der Waals surface area contributed by atoms with Crippen LogP contribution in [0.25, 0.3) is 10.9 Å². The zero-order valence-corrected chi connectivity index (χ0v) is 13.5. The maximum Gasteiger partial charge on any atom is 0.295 e. The Morgan fingerprint density at radius 3 is 2.50 bits per heavy atom. The Bertz CT molecular complexity index is 955. The summed E-state index contributed by atoms with van der Waals surface area (Å²) in [4.78, 5) is 27.2. The van der Waals surface area contributed by atoms with Crippen molar-refractivity contribution in [2.45, 2.75) is 13.0 Å². The number of benzene rings is 2. The molecule has 0 spiro atoms. The van der Waals surface area contributed by atoms with Crippen LogP contribution in [0.2, 0.25) is 0 Å². The molecule has 1 aliphatic rings. The number of para-hydroxylation sites is 1. The molecule has 4 heteroatoms. The zero-order chi connectivity index (χ0) is 16.7. The molecule has 1 amide bonds. The van der Waals surface area contributed by atoms with Gasteiger partial charge < -0.3 is 9.47 Å². The van der Waals surface area contributed by atoms with E-state index in [4.69, 9.17) is 0 Å². The molecule has 0 saturated heterocycles. The summed E-state index contributed by atoms with van der Waals surface area (Å²) < 4.78 is 1.89. The fourth-order valence-electron chi connectivity index (χ4n) is 3.45. The highest BCUT2D eigenvalue weighted by molar-refractivity contribution is 6.44. The molecule has 0 N–H and O–H groups in total. The second kappa shape index (κ2) is 5.64. The van der Waals surface area contributed by atoms with Gasteiger partial charge in [0.2, 0.25) is 0 Å². The van der Waals surface area contributed by atoms with Crippen molar-refractivity contribution in [2.24, 2.45) is 7.05 Å². The normalized spacial score (nSPS) is 13.8. The number of ketones is 1. The summed E-state index contributed by atoms with van der Waals surface area (Å²) in [6.45, 7) is 1.10. The molecule has 0 atom stereocenters. The fraction of sp³-hybridized carbons (Fsp3) is 0.200. The Labute approximate surface area is 140 Å². The zero-order valence-electron chi connectivity index (χ0n) is 13.5. The van der Waals surface area contributed by atoms with E-state index in [1.807, 2.05) is 54.1 Å². The summed E-state index contributed by atoms with van der Waals surface area (Å²) >= 11 is 0. The fourth-order valence-corrected chi connectivity index (χ4v) is 3.45. The Morgan fingerprint density at radius 1 is 0.958 bits per heavy atom. The van der Waals surface area contributed by atoms with Gasteiger partial charge in [0, 0.05) is 37.2 Å². The number of amides is 1. The van der Waals surface area contributed by atoms with E-state index in [9.17, 15) is 9.59 Å². The van der Waals surface area contributed by atoms with Crippen LogP contribution in [0.3, 0.4) is 0 Å². The summed E-state index contributed by atoms with van der Waals surface area (Å²) in [6, 6.07) is 15.8. The number of aryl methyl sites for hydroxylation is 1. The van der Waals surface area contributed by atoms with Gasteiger partial charge in [0.15, 0.2) is 0 Å². The van der Waals surface area contributed by atoms with Gasteiger partial charge in [-0.2, -0.15) is 0 Å². The lowest BCUT2D eigenvalue weighted by molar-refractivity contribution is -0.127. The number of nitrogens with zero attached hydrogens (tertiary/aromatic N) is 2. The maximum absolute atomic E-state index is 12.8. The number of carbonyl (C=O) groups excluding carboxylic acids is 2.